The van der Waals surface area contributed by atoms with E-state index in [4.69, 9.17) is 4.74 Å². The first-order valence-electron chi connectivity index (χ1n) is 10.3. The Morgan fingerprint density at radius 2 is 1.61 bits per heavy atom. The van der Waals surface area contributed by atoms with Gasteiger partial charge in [-0.15, -0.1) is 0 Å². The lowest BCUT2D eigenvalue weighted by atomic mass is 10.1. The van der Waals surface area contributed by atoms with Gasteiger partial charge in [0.15, 0.2) is 0 Å². The van der Waals surface area contributed by atoms with Crippen LogP contribution in [0.3, 0.4) is 0 Å². The van der Waals surface area contributed by atoms with Crippen molar-refractivity contribution in [2.24, 2.45) is 0 Å². The van der Waals surface area contributed by atoms with Crippen LogP contribution in [0.2, 0.25) is 0 Å². The molecule has 0 aromatic heterocycles. The fraction of sp³-hybridized carbons (Fsp3) is 0.200. The molecule has 0 saturated heterocycles. The Bertz CT molecular complexity index is 1280. The molecule has 0 unspecified atom stereocenters. The molecule has 0 atom stereocenters. The number of hydrogen-bond donors (Lipinski definition) is 1. The molecule has 1 amide bonds. The number of benzene rings is 3. The van der Waals surface area contributed by atoms with Gasteiger partial charge in [-0.3, -0.25) is 9.10 Å². The summed E-state index contributed by atoms with van der Waals surface area (Å²) >= 11 is 0. The third-order valence-electron chi connectivity index (χ3n) is 5.24. The summed E-state index contributed by atoms with van der Waals surface area (Å²) in [7, 11) is -2.75. The van der Waals surface area contributed by atoms with Crippen molar-refractivity contribution < 1.29 is 22.7 Å². The molecule has 0 aliphatic rings. The molecular weight excluding hydrogens is 440 g/mol. The summed E-state index contributed by atoms with van der Waals surface area (Å²) in [6.45, 7) is 5.24. The summed E-state index contributed by atoms with van der Waals surface area (Å²) in [5, 5.41) is 2.67. The van der Waals surface area contributed by atoms with E-state index < -0.39 is 28.4 Å². The second kappa shape index (κ2) is 9.87. The van der Waals surface area contributed by atoms with Gasteiger partial charge in [-0.1, -0.05) is 29.8 Å². The van der Waals surface area contributed by atoms with Crippen LogP contribution in [0.25, 0.3) is 0 Å². The standard InChI is InChI=1S/C25H26N2O5S/c1-17-8-12-23(13-9-17)33(30,31)27(22-11-10-18(2)19(3)14-22)16-24(28)26-21-7-5-6-20(15-21)25(29)32-4/h5-15H,16H2,1-4H3,(H,26,28). The maximum Gasteiger partial charge on any atom is 0.337 e. The van der Waals surface area contributed by atoms with Crippen LogP contribution in [-0.4, -0.2) is 33.9 Å². The fourth-order valence-electron chi connectivity index (χ4n) is 3.21. The Kier molecular flexibility index (Phi) is 7.18. The SMILES string of the molecule is COC(=O)c1cccc(NC(=O)CN(c2ccc(C)c(C)c2)S(=O)(=O)c2ccc(C)cc2)c1. The average Bonchev–Trinajstić information content (AvgIpc) is 2.79. The number of nitrogens with zero attached hydrogens (tertiary/aromatic N) is 1. The smallest absolute Gasteiger partial charge is 0.337 e. The number of nitrogens with one attached hydrogen (secondary N) is 1. The van der Waals surface area contributed by atoms with Crippen LogP contribution in [0.1, 0.15) is 27.0 Å². The van der Waals surface area contributed by atoms with Gasteiger partial charge in [-0.05, 0) is 74.4 Å². The predicted molar refractivity (Wildman–Crippen MR) is 128 cm³/mol. The number of aryl methyl sites for hydroxylation is 3. The summed E-state index contributed by atoms with van der Waals surface area (Å²) in [5.74, 6) is -1.09. The van der Waals surface area contributed by atoms with Gasteiger partial charge in [0.25, 0.3) is 10.0 Å². The van der Waals surface area contributed by atoms with Crippen LogP contribution in [0.5, 0.6) is 0 Å². The number of rotatable bonds is 7. The molecule has 3 rings (SSSR count). The number of hydrogen-bond acceptors (Lipinski definition) is 5. The Hall–Kier alpha value is -3.65. The van der Waals surface area contributed by atoms with Crippen molar-refractivity contribution in [3.63, 3.8) is 0 Å². The van der Waals surface area contributed by atoms with E-state index in [-0.39, 0.29) is 10.5 Å². The number of anilines is 2. The lowest BCUT2D eigenvalue weighted by molar-refractivity contribution is -0.114. The number of esters is 1. The van der Waals surface area contributed by atoms with Crippen molar-refractivity contribution in [3.8, 4) is 0 Å². The first-order chi connectivity index (χ1) is 15.6. The Balaban J connectivity index is 1.94. The van der Waals surface area contributed by atoms with Crippen LogP contribution in [0.4, 0.5) is 11.4 Å². The van der Waals surface area contributed by atoms with Gasteiger partial charge in [0.05, 0.1) is 23.3 Å². The highest BCUT2D eigenvalue weighted by Gasteiger charge is 2.27. The minimum absolute atomic E-state index is 0.0896. The van der Waals surface area contributed by atoms with Crippen molar-refractivity contribution in [2.75, 3.05) is 23.3 Å². The molecule has 0 fully saturated rings. The Morgan fingerprint density at radius 3 is 2.24 bits per heavy atom. The van der Waals surface area contributed by atoms with E-state index in [2.05, 4.69) is 5.32 Å². The summed E-state index contributed by atoms with van der Waals surface area (Å²) in [6.07, 6.45) is 0. The van der Waals surface area contributed by atoms with E-state index in [1.807, 2.05) is 26.8 Å². The van der Waals surface area contributed by atoms with E-state index >= 15 is 0 Å². The lowest BCUT2D eigenvalue weighted by Crippen LogP contribution is -2.38. The van der Waals surface area contributed by atoms with E-state index in [0.29, 0.717) is 11.4 Å². The number of methoxy groups -OCH3 is 1. The van der Waals surface area contributed by atoms with Gasteiger partial charge in [0.2, 0.25) is 5.91 Å². The summed E-state index contributed by atoms with van der Waals surface area (Å²) < 4.78 is 32.8. The fourth-order valence-corrected chi connectivity index (χ4v) is 4.62. The Morgan fingerprint density at radius 1 is 0.909 bits per heavy atom. The second-order valence-electron chi connectivity index (χ2n) is 7.71. The van der Waals surface area contributed by atoms with E-state index in [1.54, 1.807) is 42.5 Å². The van der Waals surface area contributed by atoms with Crippen LogP contribution < -0.4 is 9.62 Å². The monoisotopic (exact) mass is 466 g/mol. The first kappa shape index (κ1) is 24.0. The number of amides is 1. The van der Waals surface area contributed by atoms with Crippen LogP contribution in [0.15, 0.2) is 71.6 Å². The maximum absolute atomic E-state index is 13.5. The molecule has 0 spiro atoms. The molecule has 0 heterocycles. The zero-order valence-corrected chi connectivity index (χ0v) is 19.8. The summed E-state index contributed by atoms with van der Waals surface area (Å²) in [6, 6.07) is 18.0. The second-order valence-corrected chi connectivity index (χ2v) is 9.58. The highest BCUT2D eigenvalue weighted by molar-refractivity contribution is 7.92. The quantitative estimate of drug-likeness (QED) is 0.526. The molecule has 0 aliphatic carbocycles. The molecule has 33 heavy (non-hydrogen) atoms. The molecule has 172 valence electrons. The van der Waals surface area contributed by atoms with Gasteiger partial charge in [0.1, 0.15) is 6.54 Å². The average molecular weight is 467 g/mol. The summed E-state index contributed by atoms with van der Waals surface area (Å²) in [5.41, 5.74) is 3.86. The third kappa shape index (κ3) is 5.59. The maximum atomic E-state index is 13.5. The van der Waals surface area contributed by atoms with Gasteiger partial charge in [0, 0.05) is 5.69 Å². The molecule has 3 aromatic carbocycles. The highest BCUT2D eigenvalue weighted by atomic mass is 32.2. The van der Waals surface area contributed by atoms with E-state index in [1.165, 1.54) is 25.3 Å². The molecule has 1 N–H and O–H groups in total. The lowest BCUT2D eigenvalue weighted by Gasteiger charge is -2.25. The normalized spacial score (nSPS) is 11.0. The number of carbonyl (C=O) groups is 2. The molecule has 8 heteroatoms. The van der Waals surface area contributed by atoms with Gasteiger partial charge < -0.3 is 10.1 Å². The van der Waals surface area contributed by atoms with E-state index in [9.17, 15) is 18.0 Å². The summed E-state index contributed by atoms with van der Waals surface area (Å²) in [4.78, 5) is 24.8. The third-order valence-corrected chi connectivity index (χ3v) is 7.03. The topological polar surface area (TPSA) is 92.8 Å². The minimum atomic E-state index is -4.02. The largest absolute Gasteiger partial charge is 0.465 e. The molecule has 0 saturated carbocycles. The number of ether oxygens (including phenoxy) is 1. The van der Waals surface area contributed by atoms with Gasteiger partial charge >= 0.3 is 5.97 Å². The van der Waals surface area contributed by atoms with Gasteiger partial charge in [-0.25, -0.2) is 13.2 Å². The highest BCUT2D eigenvalue weighted by Crippen LogP contribution is 2.26. The van der Waals surface area contributed by atoms with Crippen molar-refractivity contribution in [3.05, 3.63) is 89.0 Å². The molecule has 0 radical (unpaired) electrons. The predicted octanol–water partition coefficient (Wildman–Crippen LogP) is 4.23. The van der Waals surface area contributed by atoms with Crippen molar-refractivity contribution in [1.29, 1.82) is 0 Å². The van der Waals surface area contributed by atoms with Crippen molar-refractivity contribution in [2.45, 2.75) is 25.7 Å². The zero-order valence-electron chi connectivity index (χ0n) is 19.0. The number of sulfonamides is 1. The molecular formula is C25H26N2O5S. The van der Waals surface area contributed by atoms with Crippen LogP contribution in [-0.2, 0) is 19.6 Å². The van der Waals surface area contributed by atoms with Crippen molar-refractivity contribution in [1.82, 2.24) is 0 Å². The molecule has 0 bridgehead atoms. The first-order valence-corrected chi connectivity index (χ1v) is 11.7. The molecule has 7 nitrogen and oxygen atoms in total. The van der Waals surface area contributed by atoms with Gasteiger partial charge in [-0.2, -0.15) is 0 Å². The van der Waals surface area contributed by atoms with Crippen LogP contribution in [0, 0.1) is 20.8 Å². The zero-order chi connectivity index (χ0) is 24.2. The van der Waals surface area contributed by atoms with Crippen LogP contribution >= 0.6 is 0 Å². The minimum Gasteiger partial charge on any atom is -0.465 e. The van der Waals surface area contributed by atoms with Crippen molar-refractivity contribution >= 4 is 33.3 Å². The number of carbonyl (C=O) groups excluding carboxylic acids is 2. The molecule has 3 aromatic rings. The van der Waals surface area contributed by atoms with E-state index in [0.717, 1.165) is 21.0 Å². The molecule has 0 aliphatic heterocycles. The Labute approximate surface area is 194 Å².